The van der Waals surface area contributed by atoms with E-state index in [2.05, 4.69) is 41.2 Å². The van der Waals surface area contributed by atoms with E-state index in [-0.39, 0.29) is 11.8 Å². The molecular formula is C18H25N3O. The minimum atomic E-state index is 0.0723. The van der Waals surface area contributed by atoms with Crippen LogP contribution in [0.2, 0.25) is 0 Å². The van der Waals surface area contributed by atoms with Crippen molar-refractivity contribution in [2.24, 2.45) is 17.6 Å². The minimum Gasteiger partial charge on any atom is -0.347 e. The van der Waals surface area contributed by atoms with E-state index < -0.39 is 0 Å². The Kier molecular flexibility index (Phi) is 4.48. The molecule has 1 aliphatic rings. The average molecular weight is 299 g/mol. The van der Waals surface area contributed by atoms with Crippen LogP contribution in [-0.4, -0.2) is 17.0 Å². The van der Waals surface area contributed by atoms with Crippen molar-refractivity contribution < 1.29 is 4.79 Å². The molecule has 22 heavy (non-hydrogen) atoms. The van der Waals surface area contributed by atoms with Gasteiger partial charge in [-0.3, -0.25) is 4.79 Å². The average Bonchev–Trinajstić information content (AvgIpc) is 3.14. The van der Waals surface area contributed by atoms with Gasteiger partial charge in [0.15, 0.2) is 0 Å². The van der Waals surface area contributed by atoms with Crippen LogP contribution in [-0.2, 0) is 11.3 Å². The third kappa shape index (κ3) is 2.88. The number of anilines is 1. The van der Waals surface area contributed by atoms with Gasteiger partial charge in [-0.25, -0.2) is 0 Å². The van der Waals surface area contributed by atoms with Crippen LogP contribution in [0, 0.1) is 11.8 Å². The number of hydrogen-bond donors (Lipinski definition) is 2. The fraction of sp³-hybridized carbons (Fsp3) is 0.500. The second-order valence-corrected chi connectivity index (χ2v) is 6.31. The van der Waals surface area contributed by atoms with Gasteiger partial charge in [0, 0.05) is 24.3 Å². The third-order valence-corrected chi connectivity index (χ3v) is 4.80. The normalized spacial score (nSPS) is 21.4. The highest BCUT2D eigenvalue weighted by Gasteiger charge is 2.31. The molecule has 0 unspecified atom stereocenters. The summed E-state index contributed by atoms with van der Waals surface area (Å²) in [4.78, 5) is 12.5. The van der Waals surface area contributed by atoms with Gasteiger partial charge in [0.2, 0.25) is 5.91 Å². The fourth-order valence-electron chi connectivity index (χ4n) is 3.60. The Labute approximate surface area is 131 Å². The van der Waals surface area contributed by atoms with Crippen molar-refractivity contribution in [3.63, 3.8) is 0 Å². The topological polar surface area (TPSA) is 60.0 Å². The van der Waals surface area contributed by atoms with Gasteiger partial charge in [0.25, 0.3) is 0 Å². The highest BCUT2D eigenvalue weighted by Crippen LogP contribution is 2.32. The van der Waals surface area contributed by atoms with E-state index in [0.717, 1.165) is 37.9 Å². The number of nitrogens with zero attached hydrogens (tertiary/aromatic N) is 1. The molecule has 3 N–H and O–H groups in total. The summed E-state index contributed by atoms with van der Waals surface area (Å²) in [5.41, 5.74) is 7.85. The van der Waals surface area contributed by atoms with Gasteiger partial charge in [-0.1, -0.05) is 19.4 Å². The summed E-state index contributed by atoms with van der Waals surface area (Å²) in [5.74, 6) is 0.539. The summed E-state index contributed by atoms with van der Waals surface area (Å²) in [5, 5.41) is 4.31. The SMILES string of the molecule is CCCn1ccc2ccc(NC(=O)[C@@H]3CCC[C@@H]3CN)cc21. The zero-order valence-electron chi connectivity index (χ0n) is 13.2. The quantitative estimate of drug-likeness (QED) is 0.889. The maximum absolute atomic E-state index is 12.5. The molecule has 4 heteroatoms. The standard InChI is InChI=1S/C18H25N3O/c1-2-9-21-10-8-13-6-7-15(11-17(13)21)20-18(22)16-5-3-4-14(16)12-19/h6-8,10-11,14,16H,2-5,9,12,19H2,1H3,(H,20,22)/t14-,16-/m1/s1. The molecule has 118 valence electrons. The first-order valence-corrected chi connectivity index (χ1v) is 8.32. The Bertz CT molecular complexity index is 661. The summed E-state index contributed by atoms with van der Waals surface area (Å²) < 4.78 is 2.24. The number of aryl methyl sites for hydroxylation is 1. The molecule has 2 atom stereocenters. The van der Waals surface area contributed by atoms with Crippen molar-refractivity contribution >= 4 is 22.5 Å². The number of nitrogens with one attached hydrogen (secondary N) is 1. The molecule has 0 bridgehead atoms. The smallest absolute Gasteiger partial charge is 0.227 e. The van der Waals surface area contributed by atoms with Gasteiger partial charge in [-0.2, -0.15) is 0 Å². The number of carbonyl (C=O) groups is 1. The molecular weight excluding hydrogens is 274 g/mol. The summed E-state index contributed by atoms with van der Waals surface area (Å²) in [7, 11) is 0. The lowest BCUT2D eigenvalue weighted by Gasteiger charge is -2.17. The van der Waals surface area contributed by atoms with Gasteiger partial charge in [0.05, 0.1) is 5.52 Å². The van der Waals surface area contributed by atoms with Crippen LogP contribution in [0.25, 0.3) is 10.9 Å². The lowest BCUT2D eigenvalue weighted by atomic mass is 9.95. The van der Waals surface area contributed by atoms with Gasteiger partial charge in [-0.05, 0) is 55.3 Å². The highest BCUT2D eigenvalue weighted by atomic mass is 16.1. The lowest BCUT2D eigenvalue weighted by Crippen LogP contribution is -2.29. The Morgan fingerprint density at radius 1 is 1.36 bits per heavy atom. The first-order valence-electron chi connectivity index (χ1n) is 8.32. The number of amides is 1. The van der Waals surface area contributed by atoms with Crippen molar-refractivity contribution in [3.8, 4) is 0 Å². The Morgan fingerprint density at radius 3 is 3.00 bits per heavy atom. The van der Waals surface area contributed by atoms with Crippen LogP contribution in [0.4, 0.5) is 5.69 Å². The number of nitrogens with two attached hydrogens (primary N) is 1. The van der Waals surface area contributed by atoms with Gasteiger partial charge in [0.1, 0.15) is 0 Å². The second-order valence-electron chi connectivity index (χ2n) is 6.31. The molecule has 0 radical (unpaired) electrons. The Balaban J connectivity index is 1.78. The van der Waals surface area contributed by atoms with Crippen LogP contribution in [0.3, 0.4) is 0 Å². The van der Waals surface area contributed by atoms with Crippen LogP contribution < -0.4 is 11.1 Å². The van der Waals surface area contributed by atoms with Crippen molar-refractivity contribution in [1.29, 1.82) is 0 Å². The largest absolute Gasteiger partial charge is 0.347 e. The third-order valence-electron chi connectivity index (χ3n) is 4.80. The van der Waals surface area contributed by atoms with E-state index in [1.807, 2.05) is 6.07 Å². The number of hydrogen-bond acceptors (Lipinski definition) is 2. The summed E-state index contributed by atoms with van der Waals surface area (Å²) in [6.07, 6.45) is 6.36. The molecule has 1 saturated carbocycles. The number of benzene rings is 1. The summed E-state index contributed by atoms with van der Waals surface area (Å²) >= 11 is 0. The number of aromatic nitrogens is 1. The predicted molar refractivity (Wildman–Crippen MR) is 90.7 cm³/mol. The van der Waals surface area contributed by atoms with E-state index >= 15 is 0 Å². The molecule has 0 spiro atoms. The van der Waals surface area contributed by atoms with Crippen LogP contribution in [0.1, 0.15) is 32.6 Å². The number of rotatable bonds is 5. The van der Waals surface area contributed by atoms with Crippen molar-refractivity contribution in [3.05, 3.63) is 30.5 Å². The van der Waals surface area contributed by atoms with Crippen molar-refractivity contribution in [2.45, 2.75) is 39.2 Å². The Morgan fingerprint density at radius 2 is 2.23 bits per heavy atom. The van der Waals surface area contributed by atoms with Gasteiger partial charge < -0.3 is 15.6 Å². The molecule has 1 fully saturated rings. The summed E-state index contributed by atoms with van der Waals surface area (Å²) in [6.45, 7) is 3.78. The van der Waals surface area contributed by atoms with E-state index in [1.165, 1.54) is 10.9 Å². The van der Waals surface area contributed by atoms with E-state index in [4.69, 9.17) is 5.73 Å². The minimum absolute atomic E-state index is 0.0723. The maximum Gasteiger partial charge on any atom is 0.227 e. The van der Waals surface area contributed by atoms with Crippen LogP contribution in [0.15, 0.2) is 30.5 Å². The summed E-state index contributed by atoms with van der Waals surface area (Å²) in [6, 6.07) is 8.27. The van der Waals surface area contributed by atoms with E-state index in [1.54, 1.807) is 0 Å². The molecule has 4 nitrogen and oxygen atoms in total. The molecule has 0 saturated heterocycles. The fourth-order valence-corrected chi connectivity index (χ4v) is 3.60. The molecule has 1 heterocycles. The Hall–Kier alpha value is -1.81. The zero-order chi connectivity index (χ0) is 15.5. The van der Waals surface area contributed by atoms with Crippen LogP contribution in [0.5, 0.6) is 0 Å². The molecule has 1 aliphatic carbocycles. The van der Waals surface area contributed by atoms with Crippen molar-refractivity contribution in [1.82, 2.24) is 4.57 Å². The van der Waals surface area contributed by atoms with E-state index in [0.29, 0.717) is 12.5 Å². The molecule has 1 aromatic heterocycles. The van der Waals surface area contributed by atoms with E-state index in [9.17, 15) is 4.79 Å². The molecule has 3 rings (SSSR count). The number of carbonyl (C=O) groups excluding carboxylic acids is 1. The van der Waals surface area contributed by atoms with Crippen LogP contribution >= 0.6 is 0 Å². The van der Waals surface area contributed by atoms with Gasteiger partial charge in [-0.15, -0.1) is 0 Å². The van der Waals surface area contributed by atoms with Gasteiger partial charge >= 0.3 is 0 Å². The van der Waals surface area contributed by atoms with Crippen molar-refractivity contribution in [2.75, 3.05) is 11.9 Å². The second kappa shape index (κ2) is 6.53. The predicted octanol–water partition coefficient (Wildman–Crippen LogP) is 3.36. The zero-order valence-corrected chi connectivity index (χ0v) is 13.2. The monoisotopic (exact) mass is 299 g/mol. The first-order chi connectivity index (χ1) is 10.7. The maximum atomic E-state index is 12.5. The number of fused-ring (bicyclic) bond motifs is 1. The molecule has 1 amide bonds. The molecule has 1 aromatic carbocycles. The molecule has 0 aliphatic heterocycles. The lowest BCUT2D eigenvalue weighted by molar-refractivity contribution is -0.120. The first kappa shape index (κ1) is 15.1. The highest BCUT2D eigenvalue weighted by molar-refractivity contribution is 5.95. The molecule has 2 aromatic rings.